The molecule has 3 rings (SSSR count). The molecule has 0 atom stereocenters. The van der Waals surface area contributed by atoms with Crippen molar-refractivity contribution in [2.45, 2.75) is 19.4 Å². The maximum atomic E-state index is 5.99. The molecule has 1 aliphatic heterocycles. The van der Waals surface area contributed by atoms with Crippen molar-refractivity contribution in [2.75, 3.05) is 46.9 Å². The van der Waals surface area contributed by atoms with E-state index in [4.69, 9.17) is 9.47 Å². The van der Waals surface area contributed by atoms with E-state index in [1.165, 1.54) is 38.2 Å². The van der Waals surface area contributed by atoms with Gasteiger partial charge in [0.1, 0.15) is 6.61 Å². The minimum absolute atomic E-state index is 0.514. The fraction of sp³-hybridized carbons (Fsp3) is 0.455. The van der Waals surface area contributed by atoms with Crippen LogP contribution in [-0.2, 0) is 13.0 Å². The smallest absolute Gasteiger partial charge is 0.161 e. The Labute approximate surface area is 171 Å². The zero-order valence-electron chi connectivity index (χ0n) is 16.3. The number of hydrogen-bond acceptors (Lipinski definition) is 4. The van der Waals surface area contributed by atoms with E-state index in [1.54, 1.807) is 7.11 Å². The van der Waals surface area contributed by atoms with Crippen LogP contribution >= 0.6 is 15.9 Å². The summed E-state index contributed by atoms with van der Waals surface area (Å²) in [6, 6.07) is 14.4. The van der Waals surface area contributed by atoms with Crippen LogP contribution in [0, 0.1) is 0 Å². The molecule has 1 fully saturated rings. The molecule has 4 nitrogen and oxygen atoms in total. The van der Waals surface area contributed by atoms with Crippen LogP contribution < -0.4 is 9.47 Å². The summed E-state index contributed by atoms with van der Waals surface area (Å²) in [7, 11) is 3.90. The first kappa shape index (κ1) is 20.2. The Morgan fingerprint density at radius 1 is 1.00 bits per heavy atom. The summed E-state index contributed by atoms with van der Waals surface area (Å²) < 4.78 is 12.6. The number of rotatable bonds is 8. The molecule has 1 saturated heterocycles. The summed E-state index contributed by atoms with van der Waals surface area (Å²) in [5, 5.41) is 0. The molecule has 0 N–H and O–H groups in total. The lowest BCUT2D eigenvalue weighted by atomic mass is 10.1. The molecule has 0 aromatic heterocycles. The van der Waals surface area contributed by atoms with Gasteiger partial charge in [-0.1, -0.05) is 40.2 Å². The first-order valence-corrected chi connectivity index (χ1v) is 10.4. The first-order chi connectivity index (χ1) is 13.2. The van der Waals surface area contributed by atoms with Crippen LogP contribution in [0.3, 0.4) is 0 Å². The van der Waals surface area contributed by atoms with Crippen LogP contribution in [0.4, 0.5) is 0 Å². The van der Waals surface area contributed by atoms with Gasteiger partial charge in [0.05, 0.1) is 7.11 Å². The summed E-state index contributed by atoms with van der Waals surface area (Å²) in [6.07, 6.45) is 2.23. The van der Waals surface area contributed by atoms with E-state index >= 15 is 0 Å². The second-order valence-corrected chi connectivity index (χ2v) is 7.97. The molecule has 146 valence electrons. The van der Waals surface area contributed by atoms with E-state index in [2.05, 4.69) is 51.0 Å². The molecule has 2 aromatic carbocycles. The number of likely N-dealkylation sites (N-methyl/N-ethyl adjacent to an activating group) is 1. The van der Waals surface area contributed by atoms with Gasteiger partial charge in [-0.25, -0.2) is 0 Å². The topological polar surface area (TPSA) is 24.9 Å². The van der Waals surface area contributed by atoms with Gasteiger partial charge in [-0.2, -0.15) is 0 Å². The van der Waals surface area contributed by atoms with Crippen LogP contribution in [-0.4, -0.2) is 56.7 Å². The van der Waals surface area contributed by atoms with Gasteiger partial charge in [0, 0.05) is 36.2 Å². The molecule has 0 radical (unpaired) electrons. The first-order valence-electron chi connectivity index (χ1n) is 9.59. The number of halogens is 1. The highest BCUT2D eigenvalue weighted by Crippen LogP contribution is 2.30. The normalized spacial score (nSPS) is 15.7. The van der Waals surface area contributed by atoms with Crippen molar-refractivity contribution in [1.29, 1.82) is 0 Å². The van der Waals surface area contributed by atoms with Crippen molar-refractivity contribution >= 4 is 15.9 Å². The minimum atomic E-state index is 0.514. The highest BCUT2D eigenvalue weighted by molar-refractivity contribution is 9.10. The summed E-state index contributed by atoms with van der Waals surface area (Å²) >= 11 is 3.56. The molecule has 1 aliphatic rings. The predicted octanol–water partition coefficient (Wildman–Crippen LogP) is 4.22. The Bertz CT molecular complexity index is 730. The number of nitrogens with zero attached hydrogens (tertiary/aromatic N) is 2. The Hall–Kier alpha value is -1.56. The molecule has 0 amide bonds. The van der Waals surface area contributed by atoms with E-state index in [1.807, 2.05) is 24.3 Å². The average Bonchev–Trinajstić information content (AvgIpc) is 2.69. The average molecular weight is 433 g/mol. The fourth-order valence-corrected chi connectivity index (χ4v) is 3.74. The number of benzene rings is 2. The fourth-order valence-electron chi connectivity index (χ4n) is 3.34. The molecule has 0 saturated carbocycles. The van der Waals surface area contributed by atoms with Gasteiger partial charge in [0.2, 0.25) is 0 Å². The van der Waals surface area contributed by atoms with E-state index in [9.17, 15) is 0 Å². The van der Waals surface area contributed by atoms with Crippen molar-refractivity contribution in [2.24, 2.45) is 0 Å². The largest absolute Gasteiger partial charge is 0.493 e. The number of ether oxygens (including phenoxy) is 2. The molecule has 0 unspecified atom stereocenters. The van der Waals surface area contributed by atoms with Gasteiger partial charge in [0.15, 0.2) is 11.5 Å². The maximum absolute atomic E-state index is 5.99. The predicted molar refractivity (Wildman–Crippen MR) is 114 cm³/mol. The van der Waals surface area contributed by atoms with E-state index in [0.717, 1.165) is 34.5 Å². The molecular weight excluding hydrogens is 404 g/mol. The van der Waals surface area contributed by atoms with Crippen LogP contribution in [0.1, 0.15) is 17.5 Å². The van der Waals surface area contributed by atoms with Crippen LogP contribution in [0.5, 0.6) is 11.5 Å². The van der Waals surface area contributed by atoms with E-state index in [-0.39, 0.29) is 0 Å². The molecule has 0 bridgehead atoms. The van der Waals surface area contributed by atoms with Crippen LogP contribution in [0.25, 0.3) is 0 Å². The van der Waals surface area contributed by atoms with Gasteiger partial charge in [-0.3, -0.25) is 0 Å². The van der Waals surface area contributed by atoms with Gasteiger partial charge in [0.25, 0.3) is 0 Å². The molecule has 5 heteroatoms. The zero-order chi connectivity index (χ0) is 19.1. The number of piperazine rings is 1. The number of methoxy groups -OCH3 is 1. The lowest BCUT2D eigenvalue weighted by Crippen LogP contribution is -2.44. The molecule has 0 spiro atoms. The van der Waals surface area contributed by atoms with Crippen molar-refractivity contribution in [1.82, 2.24) is 9.80 Å². The Balaban J connectivity index is 1.52. The van der Waals surface area contributed by atoms with Crippen LogP contribution in [0.15, 0.2) is 46.9 Å². The third-order valence-electron chi connectivity index (χ3n) is 5.10. The third kappa shape index (κ3) is 5.96. The molecular formula is C22H29BrN2O2. The highest BCUT2D eigenvalue weighted by atomic mass is 79.9. The van der Waals surface area contributed by atoms with Crippen molar-refractivity contribution < 1.29 is 9.47 Å². The van der Waals surface area contributed by atoms with Crippen molar-refractivity contribution in [3.05, 3.63) is 58.1 Å². The SMILES string of the molecule is COc1cc(CCCN2CCN(C)CC2)ccc1OCc1ccccc1Br. The second-order valence-electron chi connectivity index (χ2n) is 7.11. The van der Waals surface area contributed by atoms with E-state index in [0.29, 0.717) is 6.61 Å². The zero-order valence-corrected chi connectivity index (χ0v) is 17.9. The molecule has 2 aromatic rings. The Morgan fingerprint density at radius 3 is 2.52 bits per heavy atom. The standard InChI is InChI=1S/C22H29BrN2O2/c1-24-12-14-25(15-13-24)11-5-6-18-9-10-21(22(16-18)26-2)27-17-19-7-3-4-8-20(19)23/h3-4,7-10,16H,5-6,11-15,17H2,1-2H3. The number of hydrogen-bond donors (Lipinski definition) is 0. The second kappa shape index (κ2) is 10.1. The van der Waals surface area contributed by atoms with Crippen molar-refractivity contribution in [3.8, 4) is 11.5 Å². The lowest BCUT2D eigenvalue weighted by Gasteiger charge is -2.32. The van der Waals surface area contributed by atoms with Gasteiger partial charge < -0.3 is 19.3 Å². The van der Waals surface area contributed by atoms with Gasteiger partial charge in [-0.15, -0.1) is 0 Å². The molecule has 27 heavy (non-hydrogen) atoms. The van der Waals surface area contributed by atoms with Gasteiger partial charge in [-0.05, 0) is 50.2 Å². The Kier molecular flexibility index (Phi) is 7.56. The highest BCUT2D eigenvalue weighted by Gasteiger charge is 2.13. The lowest BCUT2D eigenvalue weighted by molar-refractivity contribution is 0.153. The summed E-state index contributed by atoms with van der Waals surface area (Å²) in [5.41, 5.74) is 2.42. The summed E-state index contributed by atoms with van der Waals surface area (Å²) in [4.78, 5) is 4.96. The van der Waals surface area contributed by atoms with E-state index < -0.39 is 0 Å². The maximum Gasteiger partial charge on any atom is 0.161 e. The number of aryl methyl sites for hydroxylation is 1. The van der Waals surface area contributed by atoms with Gasteiger partial charge >= 0.3 is 0 Å². The summed E-state index contributed by atoms with van der Waals surface area (Å²) in [5.74, 6) is 1.59. The molecule has 1 heterocycles. The third-order valence-corrected chi connectivity index (χ3v) is 5.88. The quantitative estimate of drug-likeness (QED) is 0.623. The Morgan fingerprint density at radius 2 is 1.78 bits per heavy atom. The molecule has 0 aliphatic carbocycles. The monoisotopic (exact) mass is 432 g/mol. The summed E-state index contributed by atoms with van der Waals surface area (Å²) in [6.45, 7) is 6.40. The van der Waals surface area contributed by atoms with Crippen molar-refractivity contribution in [3.63, 3.8) is 0 Å². The van der Waals surface area contributed by atoms with Crippen LogP contribution in [0.2, 0.25) is 0 Å². The minimum Gasteiger partial charge on any atom is -0.493 e.